The molecule has 0 unspecified atom stereocenters. The van der Waals surface area contributed by atoms with E-state index in [1.54, 1.807) is 77.3 Å². The van der Waals surface area contributed by atoms with Crippen LogP contribution in [0.25, 0.3) is 0 Å². The predicted octanol–water partition coefficient (Wildman–Crippen LogP) is 10.5. The summed E-state index contributed by atoms with van der Waals surface area (Å²) in [6.07, 6.45) is 28.5. The number of esters is 1. The van der Waals surface area contributed by atoms with Crippen LogP contribution in [0.3, 0.4) is 0 Å². The van der Waals surface area contributed by atoms with Crippen LogP contribution < -0.4 is 0 Å². The van der Waals surface area contributed by atoms with Crippen molar-refractivity contribution in [2.45, 2.75) is 318 Å². The van der Waals surface area contributed by atoms with Crippen LogP contribution in [0.15, 0.2) is 0 Å². The molecule has 13 heteroatoms. The van der Waals surface area contributed by atoms with Crippen molar-refractivity contribution in [1.82, 2.24) is 9.80 Å². The molecule has 5 rings (SSSR count). The maximum absolute atomic E-state index is 14.4. The maximum Gasteiger partial charge on any atom is 0.126 e. The van der Waals surface area contributed by atoms with E-state index in [1.165, 1.54) is 104 Å². The molecule has 3 aliphatic carbocycles. The van der Waals surface area contributed by atoms with Crippen molar-refractivity contribution >= 4 is 19.1 Å². The summed E-state index contributed by atoms with van der Waals surface area (Å²) in [5, 5.41) is 59.7. The van der Waals surface area contributed by atoms with Crippen molar-refractivity contribution in [2.24, 2.45) is 17.8 Å². The average molecular weight is 1040 g/mol. The van der Waals surface area contributed by atoms with Crippen molar-refractivity contribution in [1.29, 1.82) is 0 Å². The van der Waals surface area contributed by atoms with Crippen LogP contribution in [0.2, 0.25) is 0 Å². The van der Waals surface area contributed by atoms with Gasteiger partial charge in [0, 0.05) is 18.5 Å². The predicted molar refractivity (Wildman–Crippen MR) is 294 cm³/mol. The van der Waals surface area contributed by atoms with Crippen molar-refractivity contribution in [3.8, 4) is 0 Å². The van der Waals surface area contributed by atoms with Gasteiger partial charge in [-0.3, -0.25) is 9.59 Å². The Kier molecular flexibility index (Phi) is 25.1. The van der Waals surface area contributed by atoms with E-state index in [9.17, 15) is 35.1 Å². The quantitative estimate of drug-likeness (QED) is 0.0474. The van der Waals surface area contributed by atoms with E-state index in [2.05, 4.69) is 0 Å². The number of unbranched alkanes of at least 4 members (excludes halogenated alkanes) is 8. The van der Waals surface area contributed by atoms with Gasteiger partial charge in [-0.05, 0) is 73.9 Å². The molecule has 0 aromatic heterocycles. The van der Waals surface area contributed by atoms with Crippen molar-refractivity contribution < 1.29 is 49.3 Å². The number of hydrogen-bond donors (Lipinski definition) is 5. The van der Waals surface area contributed by atoms with Gasteiger partial charge in [0.15, 0.2) is 6.29 Å². The molecule has 3 saturated carbocycles. The zero-order valence-electron chi connectivity index (χ0n) is 47.5. The minimum atomic E-state index is -1.93. The van der Waals surface area contributed by atoms with Gasteiger partial charge in [0.05, 0.1) is 35.9 Å². The number of amides is 1. The van der Waals surface area contributed by atoms with E-state index in [1.807, 2.05) is 32.8 Å². The van der Waals surface area contributed by atoms with Crippen LogP contribution in [-0.2, 0) is 23.8 Å². The number of likely N-dealkylation sites (N-methyl/N-ethyl adjacent to an activating group) is 1. The van der Waals surface area contributed by atoms with Gasteiger partial charge < -0.3 is 49.5 Å². The molecule has 5 aliphatic rings. The Bertz CT molecular complexity index is 1540. The molecule has 0 aromatic rings. The fourth-order valence-electron chi connectivity index (χ4n) is 15.5. The second-order valence-electron chi connectivity index (χ2n) is 25.5. The largest absolute Gasteiger partial charge is 0.388 e. The molecule has 2 saturated heterocycles. The summed E-state index contributed by atoms with van der Waals surface area (Å²) < 4.78 is 18.6. The molecule has 14 atom stereocenters. The molecule has 5 fully saturated rings. The van der Waals surface area contributed by atoms with E-state index in [4.69, 9.17) is 14.2 Å². The Balaban J connectivity index is 1.19. The minimum absolute atomic E-state index is 0.119. The Morgan fingerprint density at radius 2 is 1.22 bits per heavy atom. The van der Waals surface area contributed by atoms with Crippen LogP contribution >= 0.6 is 7.26 Å². The van der Waals surface area contributed by atoms with E-state index in [-0.39, 0.29) is 49.8 Å². The fourth-order valence-corrected chi connectivity index (χ4v) is 24.0. The van der Waals surface area contributed by atoms with Gasteiger partial charge in [0.1, 0.15) is 23.9 Å². The molecule has 12 nitrogen and oxygen atoms in total. The summed E-state index contributed by atoms with van der Waals surface area (Å²) in [6.45, 7) is 13.8. The Hall–Kier alpha value is -0.950. The van der Waals surface area contributed by atoms with Gasteiger partial charge in [0.2, 0.25) is 0 Å². The van der Waals surface area contributed by atoms with Gasteiger partial charge >= 0.3 is 203 Å². The van der Waals surface area contributed by atoms with Crippen LogP contribution in [0, 0.1) is 17.8 Å². The first kappa shape index (κ1) is 61.9. The standard InChI is InChI=1S/C59H111N2O10P/c1-11-50-59(8,68)54(65)45(6)61(40-41(2)39-58(7,67)55(43(4)52(63)44(5)56(66)70-50)71-57-53(64)49(60(9)10)38-42(3)69-57)51(62)36-28-17-15-13-12-14-16-18-29-37-72(46-30-22-19-23-31-46,47-32-24-20-25-33-47)48-34-26-21-27-35-48/h41-50,52-55,57,63-65,67-68,72H,11-40H2,1-10H3/t41-,42-,43+,44-,45-,49+,50-,52+,53-,54-,55-,57+,58-,59-/m1/s1. The topological polar surface area (TPSA) is 169 Å². The maximum atomic E-state index is 14.4. The molecule has 422 valence electrons. The SMILES string of the molecule is CC[C@H]1OC(=O)[C@H](C)[C@@H](O)[C@H](C)[C@@H](O[C@@H]2O[C@H](C)C[C@H](N(C)C)[C@H]2O)[C@](C)(O)C[C@@H](C)CN(C(=O)CCCCCCCCCCC[PH](C2CCCCC2)(C2CCCCC2)C2CCCCC2)[C@H](C)[C@@H](O)[C@]1(C)O. The van der Waals surface area contributed by atoms with E-state index >= 15 is 0 Å². The van der Waals surface area contributed by atoms with Crippen LogP contribution in [0.4, 0.5) is 0 Å². The number of aliphatic hydroxyl groups excluding tert-OH is 3. The smallest absolute Gasteiger partial charge is 0.126 e. The molecule has 0 bridgehead atoms. The molecule has 2 heterocycles. The number of aliphatic hydroxyl groups is 5. The summed E-state index contributed by atoms with van der Waals surface area (Å²) in [7, 11) is 2.37. The normalized spacial score (nSPS) is 37.5. The Morgan fingerprint density at radius 3 is 1.71 bits per heavy atom. The van der Waals surface area contributed by atoms with E-state index in [0.717, 1.165) is 36.2 Å². The first-order chi connectivity index (χ1) is 34.2. The number of rotatable bonds is 19. The van der Waals surface area contributed by atoms with Crippen molar-refractivity contribution in [3.05, 3.63) is 0 Å². The van der Waals surface area contributed by atoms with Crippen LogP contribution in [0.5, 0.6) is 0 Å². The molecule has 2 aliphatic heterocycles. The molecule has 0 aromatic carbocycles. The van der Waals surface area contributed by atoms with Gasteiger partial charge in [-0.2, -0.15) is 0 Å². The zero-order valence-corrected chi connectivity index (χ0v) is 48.5. The van der Waals surface area contributed by atoms with Crippen LogP contribution in [-0.4, -0.2) is 157 Å². The molecular weight excluding hydrogens is 928 g/mol. The summed E-state index contributed by atoms with van der Waals surface area (Å²) >= 11 is 0. The van der Waals surface area contributed by atoms with Gasteiger partial charge in [-0.25, -0.2) is 0 Å². The average Bonchev–Trinajstić information content (AvgIpc) is 3.36. The number of carbonyl (C=O) groups excluding carboxylic acids is 2. The molecule has 5 N–H and O–H groups in total. The van der Waals surface area contributed by atoms with Crippen molar-refractivity contribution in [2.75, 3.05) is 26.8 Å². The van der Waals surface area contributed by atoms with Gasteiger partial charge in [0.25, 0.3) is 0 Å². The van der Waals surface area contributed by atoms with E-state index < -0.39 is 79.1 Å². The monoisotopic (exact) mass is 1040 g/mol. The zero-order chi connectivity index (χ0) is 52.8. The number of cyclic esters (lactones) is 1. The number of hydrogen-bond acceptors (Lipinski definition) is 11. The van der Waals surface area contributed by atoms with Gasteiger partial charge in [-0.15, -0.1) is 0 Å². The summed E-state index contributed by atoms with van der Waals surface area (Å²) in [5.41, 5.74) is -0.268. The number of ether oxygens (including phenoxy) is 3. The second kappa shape index (κ2) is 29.1. The summed E-state index contributed by atoms with van der Waals surface area (Å²) in [6, 6.07) is -1.14. The summed E-state index contributed by atoms with van der Waals surface area (Å²) in [4.78, 5) is 31.7. The molecule has 1 amide bonds. The Morgan fingerprint density at radius 1 is 0.736 bits per heavy atom. The number of carbonyl (C=O) groups is 2. The third kappa shape index (κ3) is 16.1. The van der Waals surface area contributed by atoms with Gasteiger partial charge in [-0.1, -0.05) is 20.8 Å². The number of nitrogens with zero attached hydrogens (tertiary/aromatic N) is 2. The third-order valence-electron chi connectivity index (χ3n) is 19.6. The fraction of sp³-hybridized carbons (Fsp3) is 0.966. The molecule has 0 spiro atoms. The molecule has 72 heavy (non-hydrogen) atoms. The van der Waals surface area contributed by atoms with Crippen LogP contribution in [0.1, 0.15) is 235 Å². The first-order valence-corrected chi connectivity index (χ1v) is 32.6. The first-order valence-electron chi connectivity index (χ1n) is 30.1. The van der Waals surface area contributed by atoms with Crippen molar-refractivity contribution in [3.63, 3.8) is 0 Å². The molecule has 0 radical (unpaired) electrons. The molecular formula is C59H111N2O10P. The Labute approximate surface area is 439 Å². The third-order valence-corrected chi connectivity index (χ3v) is 27.1. The summed E-state index contributed by atoms with van der Waals surface area (Å²) in [5.74, 6) is -3.21. The van der Waals surface area contributed by atoms with E-state index in [0.29, 0.717) is 12.8 Å². The second-order valence-corrected chi connectivity index (χ2v) is 30.7. The minimum Gasteiger partial charge on any atom is -0.388 e.